The van der Waals surface area contributed by atoms with Gasteiger partial charge in [-0.3, -0.25) is 4.79 Å². The second-order valence-electron chi connectivity index (χ2n) is 4.76. The van der Waals surface area contributed by atoms with Gasteiger partial charge in [-0.2, -0.15) is 11.3 Å². The fourth-order valence-electron chi connectivity index (χ4n) is 2.35. The lowest BCUT2D eigenvalue weighted by molar-refractivity contribution is -0.0227. The molecule has 0 spiro atoms. The monoisotopic (exact) mass is 325 g/mol. The highest BCUT2D eigenvalue weighted by Gasteiger charge is 2.28. The first kappa shape index (κ1) is 14.5. The van der Waals surface area contributed by atoms with E-state index in [0.717, 1.165) is 5.56 Å². The number of amides is 1. The molecule has 3 rings (SSSR count). The molecule has 21 heavy (non-hydrogen) atoms. The first-order chi connectivity index (χ1) is 10.2. The molecular formula is C15H13ClFNO2S. The van der Waals surface area contributed by atoms with Crippen molar-refractivity contribution < 1.29 is 13.9 Å². The van der Waals surface area contributed by atoms with Crippen molar-refractivity contribution in [3.63, 3.8) is 0 Å². The highest BCUT2D eigenvalue weighted by atomic mass is 35.5. The Morgan fingerprint density at radius 2 is 2.29 bits per heavy atom. The Morgan fingerprint density at radius 3 is 3.00 bits per heavy atom. The van der Waals surface area contributed by atoms with Crippen LogP contribution in [-0.4, -0.2) is 30.5 Å². The number of carbonyl (C=O) groups is 1. The van der Waals surface area contributed by atoms with Crippen LogP contribution in [0.4, 0.5) is 4.39 Å². The molecule has 0 aliphatic carbocycles. The normalized spacial score (nSPS) is 18.8. The van der Waals surface area contributed by atoms with Crippen LogP contribution in [0.2, 0.25) is 5.02 Å². The van der Waals surface area contributed by atoms with Gasteiger partial charge in [-0.05, 0) is 34.5 Å². The van der Waals surface area contributed by atoms with Crippen molar-refractivity contribution in [2.45, 2.75) is 6.10 Å². The molecule has 0 unspecified atom stereocenters. The van der Waals surface area contributed by atoms with E-state index in [9.17, 15) is 9.18 Å². The van der Waals surface area contributed by atoms with Crippen LogP contribution in [0.25, 0.3) is 0 Å². The van der Waals surface area contributed by atoms with E-state index >= 15 is 0 Å². The standard InChI is InChI=1S/C15H13ClFNO2S/c16-11-2-1-3-12(17)14(11)15(19)18-5-6-20-13(8-18)10-4-7-21-9-10/h1-4,7,9,13H,5-6,8H2/t13-/m0/s1. The lowest BCUT2D eigenvalue weighted by Crippen LogP contribution is -2.42. The molecule has 6 heteroatoms. The maximum absolute atomic E-state index is 13.9. The average molecular weight is 326 g/mol. The first-order valence-electron chi connectivity index (χ1n) is 6.54. The molecule has 2 aromatic rings. The molecule has 0 saturated carbocycles. The highest BCUT2D eigenvalue weighted by Crippen LogP contribution is 2.27. The zero-order valence-corrected chi connectivity index (χ0v) is 12.7. The molecule has 0 bridgehead atoms. The van der Waals surface area contributed by atoms with Crippen LogP contribution < -0.4 is 0 Å². The topological polar surface area (TPSA) is 29.5 Å². The molecule has 1 aliphatic rings. The number of hydrogen-bond donors (Lipinski definition) is 0. The Kier molecular flexibility index (Phi) is 4.24. The minimum absolute atomic E-state index is 0.0647. The van der Waals surface area contributed by atoms with Crippen LogP contribution in [0.1, 0.15) is 22.0 Å². The van der Waals surface area contributed by atoms with E-state index in [1.165, 1.54) is 18.2 Å². The van der Waals surface area contributed by atoms with Crippen molar-refractivity contribution in [1.29, 1.82) is 0 Å². The number of morpholine rings is 1. The second-order valence-corrected chi connectivity index (χ2v) is 5.95. The fourth-order valence-corrected chi connectivity index (χ4v) is 3.30. The quantitative estimate of drug-likeness (QED) is 0.841. The zero-order valence-electron chi connectivity index (χ0n) is 11.1. The van der Waals surface area contributed by atoms with Crippen LogP contribution in [-0.2, 0) is 4.74 Å². The summed E-state index contributed by atoms with van der Waals surface area (Å²) in [6.07, 6.45) is -0.167. The van der Waals surface area contributed by atoms with Gasteiger partial charge in [-0.1, -0.05) is 17.7 Å². The summed E-state index contributed by atoms with van der Waals surface area (Å²) in [6, 6.07) is 6.23. The Hall–Kier alpha value is -1.43. The largest absolute Gasteiger partial charge is 0.370 e. The molecular weight excluding hydrogens is 313 g/mol. The number of halogens is 2. The van der Waals surface area contributed by atoms with Crippen molar-refractivity contribution in [3.8, 4) is 0 Å². The van der Waals surface area contributed by atoms with Crippen molar-refractivity contribution >= 4 is 28.8 Å². The van der Waals surface area contributed by atoms with Gasteiger partial charge in [0.15, 0.2) is 0 Å². The minimum Gasteiger partial charge on any atom is -0.370 e. The third kappa shape index (κ3) is 2.95. The Morgan fingerprint density at radius 1 is 1.43 bits per heavy atom. The van der Waals surface area contributed by atoms with Crippen LogP contribution in [0.5, 0.6) is 0 Å². The van der Waals surface area contributed by atoms with Gasteiger partial charge in [0.2, 0.25) is 0 Å². The second kappa shape index (κ2) is 6.13. The van der Waals surface area contributed by atoms with Gasteiger partial charge in [-0.25, -0.2) is 4.39 Å². The predicted molar refractivity (Wildman–Crippen MR) is 80.3 cm³/mol. The molecule has 1 aromatic carbocycles. The molecule has 1 aliphatic heterocycles. The SMILES string of the molecule is O=C(c1c(F)cccc1Cl)N1CCO[C@H](c2ccsc2)C1. The fraction of sp³-hybridized carbons (Fsp3) is 0.267. The summed E-state index contributed by atoms with van der Waals surface area (Å²) in [5.41, 5.74) is 0.974. The number of hydrogen-bond acceptors (Lipinski definition) is 3. The lowest BCUT2D eigenvalue weighted by atomic mass is 10.1. The Balaban J connectivity index is 1.82. The van der Waals surface area contributed by atoms with E-state index in [2.05, 4.69) is 0 Å². The van der Waals surface area contributed by atoms with Gasteiger partial charge in [0.25, 0.3) is 5.91 Å². The van der Waals surface area contributed by atoms with Crippen LogP contribution in [0, 0.1) is 5.82 Å². The first-order valence-corrected chi connectivity index (χ1v) is 7.86. The maximum Gasteiger partial charge on any atom is 0.258 e. The van der Waals surface area contributed by atoms with E-state index in [0.29, 0.717) is 19.7 Å². The Labute approximate surface area is 130 Å². The van der Waals surface area contributed by atoms with Crippen molar-refractivity contribution in [3.05, 3.63) is 57.0 Å². The molecule has 1 saturated heterocycles. The molecule has 1 aromatic heterocycles. The van der Waals surface area contributed by atoms with E-state index < -0.39 is 5.82 Å². The molecule has 2 heterocycles. The van der Waals surface area contributed by atoms with Gasteiger partial charge >= 0.3 is 0 Å². The van der Waals surface area contributed by atoms with Crippen molar-refractivity contribution in [2.24, 2.45) is 0 Å². The van der Waals surface area contributed by atoms with E-state index in [-0.39, 0.29) is 22.6 Å². The molecule has 3 nitrogen and oxygen atoms in total. The number of rotatable bonds is 2. The van der Waals surface area contributed by atoms with E-state index in [1.54, 1.807) is 16.2 Å². The molecule has 1 atom stereocenters. The summed E-state index contributed by atoms with van der Waals surface area (Å²) in [7, 11) is 0. The van der Waals surface area contributed by atoms with E-state index in [1.807, 2.05) is 16.8 Å². The maximum atomic E-state index is 13.9. The van der Waals surface area contributed by atoms with Gasteiger partial charge in [0, 0.05) is 6.54 Å². The number of ether oxygens (including phenoxy) is 1. The van der Waals surface area contributed by atoms with Gasteiger partial charge < -0.3 is 9.64 Å². The van der Waals surface area contributed by atoms with Crippen molar-refractivity contribution in [1.82, 2.24) is 4.90 Å². The molecule has 110 valence electrons. The summed E-state index contributed by atoms with van der Waals surface area (Å²) in [4.78, 5) is 14.1. The number of nitrogens with zero attached hydrogens (tertiary/aromatic N) is 1. The summed E-state index contributed by atoms with van der Waals surface area (Å²) >= 11 is 7.54. The molecule has 1 amide bonds. The predicted octanol–water partition coefficient (Wildman–Crippen LogP) is 3.75. The van der Waals surface area contributed by atoms with E-state index in [4.69, 9.17) is 16.3 Å². The summed E-state index contributed by atoms with van der Waals surface area (Å²) < 4.78 is 19.5. The molecule has 0 radical (unpaired) electrons. The third-order valence-corrected chi connectivity index (χ3v) is 4.46. The molecule has 0 N–H and O–H groups in total. The van der Waals surface area contributed by atoms with Crippen LogP contribution in [0.15, 0.2) is 35.0 Å². The molecule has 1 fully saturated rings. The van der Waals surface area contributed by atoms with Gasteiger partial charge in [-0.15, -0.1) is 0 Å². The minimum atomic E-state index is -0.592. The summed E-state index contributed by atoms with van der Waals surface area (Å²) in [6.45, 7) is 1.27. The third-order valence-electron chi connectivity index (χ3n) is 3.45. The summed E-state index contributed by atoms with van der Waals surface area (Å²) in [5.74, 6) is -0.979. The Bertz CT molecular complexity index is 627. The van der Waals surface area contributed by atoms with Crippen LogP contribution >= 0.6 is 22.9 Å². The smallest absolute Gasteiger partial charge is 0.258 e. The lowest BCUT2D eigenvalue weighted by Gasteiger charge is -2.33. The van der Waals surface area contributed by atoms with Crippen molar-refractivity contribution in [2.75, 3.05) is 19.7 Å². The number of carbonyl (C=O) groups excluding carboxylic acids is 1. The number of thiophene rings is 1. The number of benzene rings is 1. The van der Waals surface area contributed by atoms with Gasteiger partial charge in [0.05, 0.1) is 23.7 Å². The highest BCUT2D eigenvalue weighted by molar-refractivity contribution is 7.07. The zero-order chi connectivity index (χ0) is 14.8. The van der Waals surface area contributed by atoms with Gasteiger partial charge in [0.1, 0.15) is 11.9 Å². The van der Waals surface area contributed by atoms with Crippen LogP contribution in [0.3, 0.4) is 0 Å². The summed E-state index contributed by atoms with van der Waals surface area (Å²) in [5, 5.41) is 4.10. The average Bonchev–Trinajstić information content (AvgIpc) is 3.01.